The maximum Gasteiger partial charge on any atom is 0.350 e. The molecular weight excluding hydrogens is 298 g/mol. The van der Waals surface area contributed by atoms with Crippen molar-refractivity contribution in [2.75, 3.05) is 6.61 Å². The zero-order valence-corrected chi connectivity index (χ0v) is 12.9. The minimum absolute atomic E-state index is 0.0370. The van der Waals surface area contributed by atoms with E-state index in [2.05, 4.69) is 4.98 Å². The van der Waals surface area contributed by atoms with Crippen molar-refractivity contribution < 1.29 is 14.3 Å². The Morgan fingerprint density at radius 3 is 2.82 bits per heavy atom. The molecule has 0 amide bonds. The van der Waals surface area contributed by atoms with Crippen LogP contribution in [-0.4, -0.2) is 23.3 Å². The number of benzene rings is 1. The highest BCUT2D eigenvalue weighted by Gasteiger charge is 2.20. The lowest BCUT2D eigenvalue weighted by molar-refractivity contribution is -0.116. The molecule has 0 spiro atoms. The second kappa shape index (κ2) is 6.23. The third-order valence-electron chi connectivity index (χ3n) is 3.49. The lowest BCUT2D eigenvalue weighted by Crippen LogP contribution is -2.34. The Kier molecular flexibility index (Phi) is 4.15. The first kappa shape index (κ1) is 14.7. The average Bonchev–Trinajstić information content (AvgIpc) is 3.01. The van der Waals surface area contributed by atoms with Crippen LogP contribution in [0.4, 0.5) is 0 Å². The van der Waals surface area contributed by atoms with Gasteiger partial charge in [0.1, 0.15) is 11.5 Å². The molecule has 5 heteroatoms. The van der Waals surface area contributed by atoms with E-state index in [1.165, 1.54) is 17.5 Å². The van der Waals surface area contributed by atoms with Crippen molar-refractivity contribution in [3.8, 4) is 0 Å². The summed E-state index contributed by atoms with van der Waals surface area (Å²) in [5.74, 6) is -0.875. The second-order valence-corrected chi connectivity index (χ2v) is 6.13. The highest BCUT2D eigenvalue weighted by molar-refractivity contribution is 7.13. The normalized spacial score (nSPS) is 16.4. The molecule has 3 rings (SSSR count). The van der Waals surface area contributed by atoms with E-state index >= 15 is 0 Å². The van der Waals surface area contributed by atoms with Gasteiger partial charge in [-0.25, -0.2) is 9.78 Å². The van der Waals surface area contributed by atoms with Gasteiger partial charge in [-0.3, -0.25) is 4.79 Å². The number of rotatable bonds is 4. The van der Waals surface area contributed by atoms with Crippen LogP contribution in [-0.2, 0) is 16.0 Å². The van der Waals surface area contributed by atoms with Crippen molar-refractivity contribution >= 4 is 35.2 Å². The van der Waals surface area contributed by atoms with Crippen LogP contribution in [0.5, 0.6) is 0 Å². The Morgan fingerprint density at radius 1 is 1.32 bits per heavy atom. The number of hydrogen-bond donors (Lipinski definition) is 0. The smallest absolute Gasteiger partial charge is 0.350 e. The third kappa shape index (κ3) is 2.99. The van der Waals surface area contributed by atoms with Gasteiger partial charge in [0.05, 0.1) is 17.1 Å². The average molecular weight is 313 g/mol. The molecular formula is C17H15NO3S. The molecule has 1 aliphatic rings. The van der Waals surface area contributed by atoms with Gasteiger partial charge < -0.3 is 4.74 Å². The first-order valence-electron chi connectivity index (χ1n) is 7.11. The summed E-state index contributed by atoms with van der Waals surface area (Å²) >= 11 is 1.33. The molecule has 1 atom stereocenters. The van der Waals surface area contributed by atoms with Gasteiger partial charge in [-0.2, -0.15) is 0 Å². The Labute approximate surface area is 131 Å². The van der Waals surface area contributed by atoms with E-state index in [4.69, 9.17) is 4.74 Å². The van der Waals surface area contributed by atoms with E-state index in [9.17, 15) is 9.59 Å². The molecule has 2 aromatic rings. The number of aryl methyl sites for hydroxylation is 1. The van der Waals surface area contributed by atoms with Crippen molar-refractivity contribution in [1.82, 2.24) is 4.98 Å². The minimum Gasteiger partial charge on any atom is -0.460 e. The van der Waals surface area contributed by atoms with Crippen molar-refractivity contribution in [1.29, 1.82) is 0 Å². The number of ether oxygens (including phenoxy) is 1. The van der Waals surface area contributed by atoms with Gasteiger partial charge in [0.15, 0.2) is 5.78 Å². The number of esters is 1. The summed E-state index contributed by atoms with van der Waals surface area (Å²) in [7, 11) is 0. The second-order valence-electron chi connectivity index (χ2n) is 5.02. The maximum absolute atomic E-state index is 12.1. The van der Waals surface area contributed by atoms with Gasteiger partial charge in [-0.15, -0.1) is 11.3 Å². The molecule has 1 aromatic heterocycles. The van der Waals surface area contributed by atoms with E-state index in [0.717, 1.165) is 21.9 Å². The van der Waals surface area contributed by atoms with Gasteiger partial charge in [0.2, 0.25) is 0 Å². The van der Waals surface area contributed by atoms with Crippen LogP contribution >= 0.6 is 11.3 Å². The minimum atomic E-state index is -0.419. The standard InChI is InChI=1S/C17H15NO3S/c1-2-16-18-9-15(22-16)17(20)21-10-13-7-11-5-3-4-6-12(11)8-14(13)19/h3-9,13H,2,10H2,1H3. The molecule has 0 N–H and O–H groups in total. The molecule has 1 heterocycles. The zero-order valence-electron chi connectivity index (χ0n) is 12.1. The Morgan fingerprint density at radius 2 is 2.09 bits per heavy atom. The number of fused-ring (bicyclic) bond motifs is 1. The van der Waals surface area contributed by atoms with E-state index in [1.54, 1.807) is 6.08 Å². The molecule has 1 aromatic carbocycles. The van der Waals surface area contributed by atoms with Crippen molar-refractivity contribution in [3.05, 3.63) is 50.8 Å². The number of ketones is 1. The van der Waals surface area contributed by atoms with Crippen LogP contribution in [0.3, 0.4) is 0 Å². The first-order valence-corrected chi connectivity index (χ1v) is 7.93. The van der Waals surface area contributed by atoms with Crippen LogP contribution in [0, 0.1) is 5.92 Å². The number of carbonyl (C=O) groups excluding carboxylic acids is 2. The van der Waals surface area contributed by atoms with Crippen LogP contribution in [0.1, 0.15) is 21.6 Å². The molecule has 4 nitrogen and oxygen atoms in total. The summed E-state index contributed by atoms with van der Waals surface area (Å²) in [6, 6.07) is 7.66. The predicted molar refractivity (Wildman–Crippen MR) is 84.9 cm³/mol. The molecule has 0 fully saturated rings. The van der Waals surface area contributed by atoms with Crippen molar-refractivity contribution in [3.63, 3.8) is 0 Å². The number of nitrogens with zero attached hydrogens (tertiary/aromatic N) is 1. The Balaban J connectivity index is 1.70. The molecule has 112 valence electrons. The van der Waals surface area contributed by atoms with Gasteiger partial charge in [0.25, 0.3) is 0 Å². The van der Waals surface area contributed by atoms with E-state index < -0.39 is 11.9 Å². The fraction of sp³-hybridized carbons (Fsp3) is 0.235. The first-order chi connectivity index (χ1) is 10.7. The molecule has 0 saturated carbocycles. The number of Topliss-reactive ketones (excluding diaryl/α,β-unsaturated/α-hetero) is 1. The molecule has 0 bridgehead atoms. The Hall–Kier alpha value is -2.27. The quantitative estimate of drug-likeness (QED) is 0.799. The van der Waals surface area contributed by atoms with Crippen molar-refractivity contribution in [2.45, 2.75) is 13.3 Å². The summed E-state index contributed by atoms with van der Waals surface area (Å²) in [4.78, 5) is 28.7. The van der Waals surface area contributed by atoms with Gasteiger partial charge >= 0.3 is 5.97 Å². The summed E-state index contributed by atoms with van der Waals surface area (Å²) in [6.45, 7) is 2.04. The lowest BCUT2D eigenvalue weighted by atomic mass is 9.97. The molecule has 0 saturated heterocycles. The Bertz CT molecular complexity index is 838. The molecule has 0 radical (unpaired) electrons. The fourth-order valence-electron chi connectivity index (χ4n) is 2.29. The van der Waals surface area contributed by atoms with Crippen LogP contribution < -0.4 is 10.4 Å². The summed E-state index contributed by atoms with van der Waals surface area (Å²) in [5, 5.41) is 2.80. The number of aromatic nitrogens is 1. The monoisotopic (exact) mass is 313 g/mol. The number of hydrogen-bond acceptors (Lipinski definition) is 5. The van der Waals surface area contributed by atoms with Gasteiger partial charge in [0, 0.05) is 0 Å². The van der Waals surface area contributed by atoms with Crippen LogP contribution in [0.15, 0.2) is 30.5 Å². The highest BCUT2D eigenvalue weighted by atomic mass is 32.1. The number of carbonyl (C=O) groups is 2. The lowest BCUT2D eigenvalue weighted by Gasteiger charge is -2.12. The van der Waals surface area contributed by atoms with Crippen molar-refractivity contribution in [2.24, 2.45) is 5.92 Å². The van der Waals surface area contributed by atoms with Gasteiger partial charge in [-0.1, -0.05) is 37.3 Å². The molecule has 0 aliphatic heterocycles. The summed E-state index contributed by atoms with van der Waals surface area (Å²) < 4.78 is 5.27. The molecule has 1 aliphatic carbocycles. The van der Waals surface area contributed by atoms with E-state index in [1.807, 2.05) is 37.3 Å². The summed E-state index contributed by atoms with van der Waals surface area (Å²) in [5.41, 5.74) is 0. The SMILES string of the molecule is CCc1ncc(C(=O)OCC2C=c3ccccc3=CC2=O)s1. The third-order valence-corrected chi connectivity index (χ3v) is 4.61. The fourth-order valence-corrected chi connectivity index (χ4v) is 3.04. The summed E-state index contributed by atoms with van der Waals surface area (Å²) in [6.07, 6.45) is 5.78. The topological polar surface area (TPSA) is 56.3 Å². The van der Waals surface area contributed by atoms with Gasteiger partial charge in [-0.05, 0) is 22.9 Å². The maximum atomic E-state index is 12.1. The molecule has 1 unspecified atom stereocenters. The van der Waals surface area contributed by atoms with E-state index in [-0.39, 0.29) is 12.4 Å². The van der Waals surface area contributed by atoms with Crippen LogP contribution in [0.2, 0.25) is 0 Å². The highest BCUT2D eigenvalue weighted by Crippen LogP contribution is 2.15. The zero-order chi connectivity index (χ0) is 15.5. The predicted octanol–water partition coefficient (Wildman–Crippen LogP) is 1.32. The largest absolute Gasteiger partial charge is 0.460 e. The molecule has 22 heavy (non-hydrogen) atoms. The van der Waals surface area contributed by atoms with E-state index in [0.29, 0.717) is 4.88 Å². The van der Waals surface area contributed by atoms with Crippen LogP contribution in [0.25, 0.3) is 12.2 Å². The number of thiazole rings is 1.